The average Bonchev–Trinajstić information content (AvgIpc) is 2.52. The lowest BCUT2D eigenvalue weighted by molar-refractivity contribution is -0.125. The van der Waals surface area contributed by atoms with Crippen LogP contribution in [0, 0.1) is 5.92 Å². The molecule has 0 amide bonds. The summed E-state index contributed by atoms with van der Waals surface area (Å²) in [5.41, 5.74) is 1.82. The zero-order valence-electron chi connectivity index (χ0n) is 13.5. The van der Waals surface area contributed by atoms with E-state index in [0.29, 0.717) is 11.5 Å². The number of rotatable bonds is 4. The molecule has 0 spiro atoms. The van der Waals surface area contributed by atoms with Crippen LogP contribution in [0.4, 0.5) is 0 Å². The van der Waals surface area contributed by atoms with Crippen molar-refractivity contribution in [1.29, 1.82) is 0 Å². The summed E-state index contributed by atoms with van der Waals surface area (Å²) in [6.45, 7) is 5.96. The van der Waals surface area contributed by atoms with Gasteiger partial charge in [-0.3, -0.25) is 4.79 Å². The zero-order chi connectivity index (χ0) is 15.7. The van der Waals surface area contributed by atoms with E-state index in [-0.39, 0.29) is 12.0 Å². The fourth-order valence-electron chi connectivity index (χ4n) is 3.19. The lowest BCUT2D eigenvalue weighted by Crippen LogP contribution is -2.45. The number of hydrogen-bond acceptors (Lipinski definition) is 4. The van der Waals surface area contributed by atoms with Crippen molar-refractivity contribution in [3.05, 3.63) is 29.5 Å². The van der Waals surface area contributed by atoms with Crippen molar-refractivity contribution in [2.24, 2.45) is 5.92 Å². The Kier molecular flexibility index (Phi) is 4.10. The minimum absolute atomic E-state index is 0.0971. The molecule has 0 atom stereocenters. The fourth-order valence-corrected chi connectivity index (χ4v) is 3.19. The Hall–Kier alpha value is -1.97. The summed E-state index contributed by atoms with van der Waals surface area (Å²) < 4.78 is 11.1. The minimum Gasteiger partial charge on any atom is -0.493 e. The Labute approximate surface area is 131 Å². The van der Waals surface area contributed by atoms with Crippen molar-refractivity contribution in [2.75, 3.05) is 20.2 Å². The molecule has 3 saturated heterocycles. The second kappa shape index (κ2) is 6.03. The van der Waals surface area contributed by atoms with Crippen molar-refractivity contribution in [3.63, 3.8) is 0 Å². The van der Waals surface area contributed by atoms with E-state index in [4.69, 9.17) is 9.47 Å². The second-order valence-electron chi connectivity index (χ2n) is 6.23. The summed E-state index contributed by atoms with van der Waals surface area (Å²) in [6, 6.07) is 5.82. The van der Waals surface area contributed by atoms with Gasteiger partial charge >= 0.3 is 0 Å². The maximum atomic E-state index is 12.4. The van der Waals surface area contributed by atoms with Gasteiger partial charge in [-0.15, -0.1) is 0 Å². The Balaban J connectivity index is 1.89. The highest BCUT2D eigenvalue weighted by Crippen LogP contribution is 2.34. The Morgan fingerprint density at radius 2 is 1.95 bits per heavy atom. The number of ether oxygens (including phenoxy) is 2. The second-order valence-corrected chi connectivity index (χ2v) is 6.23. The molecule has 2 bridgehead atoms. The van der Waals surface area contributed by atoms with Crippen LogP contribution in [0.1, 0.15) is 32.3 Å². The monoisotopic (exact) mass is 301 g/mol. The molecular weight excluding hydrogens is 278 g/mol. The maximum Gasteiger partial charge on any atom is 0.182 e. The van der Waals surface area contributed by atoms with Crippen LogP contribution in [-0.4, -0.2) is 37.0 Å². The van der Waals surface area contributed by atoms with E-state index in [2.05, 4.69) is 4.90 Å². The molecule has 0 unspecified atom stereocenters. The molecule has 3 aliphatic heterocycles. The Morgan fingerprint density at radius 3 is 2.55 bits per heavy atom. The van der Waals surface area contributed by atoms with Gasteiger partial charge in [0.2, 0.25) is 0 Å². The molecule has 22 heavy (non-hydrogen) atoms. The van der Waals surface area contributed by atoms with Gasteiger partial charge in [0.15, 0.2) is 17.3 Å². The summed E-state index contributed by atoms with van der Waals surface area (Å²) in [5, 5.41) is 0. The average molecular weight is 301 g/mol. The van der Waals surface area contributed by atoms with Crippen LogP contribution < -0.4 is 9.47 Å². The van der Waals surface area contributed by atoms with E-state index < -0.39 is 0 Å². The summed E-state index contributed by atoms with van der Waals surface area (Å²) in [6.07, 6.45) is 4.08. The Bertz CT molecular complexity index is 598. The van der Waals surface area contributed by atoms with Crippen LogP contribution in [0.5, 0.6) is 11.5 Å². The van der Waals surface area contributed by atoms with Gasteiger partial charge in [0.05, 0.1) is 18.9 Å². The first kappa shape index (κ1) is 14.9. The summed E-state index contributed by atoms with van der Waals surface area (Å²) >= 11 is 0. The molecule has 0 aromatic heterocycles. The van der Waals surface area contributed by atoms with Gasteiger partial charge in [-0.25, -0.2) is 0 Å². The van der Waals surface area contributed by atoms with Gasteiger partial charge in [0.25, 0.3) is 0 Å². The largest absolute Gasteiger partial charge is 0.493 e. The van der Waals surface area contributed by atoms with E-state index >= 15 is 0 Å². The first-order valence-electron chi connectivity index (χ1n) is 7.94. The van der Waals surface area contributed by atoms with E-state index in [1.165, 1.54) is 0 Å². The predicted molar refractivity (Wildman–Crippen MR) is 86.0 cm³/mol. The molecule has 4 rings (SSSR count). The molecule has 4 heteroatoms. The van der Waals surface area contributed by atoms with Crippen molar-refractivity contribution in [1.82, 2.24) is 4.90 Å². The van der Waals surface area contributed by atoms with Crippen LogP contribution >= 0.6 is 0 Å². The van der Waals surface area contributed by atoms with Gasteiger partial charge in [-0.1, -0.05) is 6.07 Å². The molecule has 3 fully saturated rings. The molecule has 118 valence electrons. The third-order valence-corrected chi connectivity index (χ3v) is 4.31. The number of carbonyl (C=O) groups is 1. The number of carbonyl (C=O) groups excluding carboxylic acids is 1. The highest BCUT2D eigenvalue weighted by molar-refractivity contribution is 6.01. The molecule has 0 saturated carbocycles. The number of ketones is 1. The number of Topliss-reactive ketones (excluding diaryl/α,β-unsaturated/α-hetero) is 1. The maximum absolute atomic E-state index is 12.4. The Morgan fingerprint density at radius 1 is 1.23 bits per heavy atom. The topological polar surface area (TPSA) is 38.8 Å². The van der Waals surface area contributed by atoms with Gasteiger partial charge in [-0.05, 0) is 50.5 Å². The molecule has 1 aromatic carbocycles. The van der Waals surface area contributed by atoms with Crippen LogP contribution in [0.2, 0.25) is 0 Å². The van der Waals surface area contributed by atoms with Gasteiger partial charge in [0, 0.05) is 19.0 Å². The number of allylic oxidation sites excluding steroid dienone is 1. The molecule has 4 nitrogen and oxygen atoms in total. The number of methoxy groups -OCH3 is 1. The van der Waals surface area contributed by atoms with Crippen molar-refractivity contribution >= 4 is 11.9 Å². The summed E-state index contributed by atoms with van der Waals surface area (Å²) in [4.78, 5) is 14.6. The molecule has 3 aliphatic rings. The first-order valence-corrected chi connectivity index (χ1v) is 7.94. The van der Waals surface area contributed by atoms with Crippen LogP contribution in [0.3, 0.4) is 0 Å². The molecule has 0 N–H and O–H groups in total. The van der Waals surface area contributed by atoms with E-state index in [9.17, 15) is 4.79 Å². The quantitative estimate of drug-likeness (QED) is 0.801. The first-order chi connectivity index (χ1) is 10.6. The molecule has 1 aromatic rings. The minimum atomic E-state index is 0.0971. The molecule has 0 aliphatic carbocycles. The zero-order valence-corrected chi connectivity index (χ0v) is 13.5. The third kappa shape index (κ3) is 2.82. The molecular formula is C18H23NO3. The number of nitrogens with zero attached hydrogens (tertiary/aromatic N) is 1. The van der Waals surface area contributed by atoms with Gasteiger partial charge < -0.3 is 14.4 Å². The number of benzene rings is 1. The van der Waals surface area contributed by atoms with Gasteiger partial charge in [0.1, 0.15) is 0 Å². The van der Waals surface area contributed by atoms with Crippen molar-refractivity contribution in [2.45, 2.75) is 32.8 Å². The van der Waals surface area contributed by atoms with Crippen molar-refractivity contribution in [3.8, 4) is 11.5 Å². The van der Waals surface area contributed by atoms with E-state index in [1.807, 2.05) is 38.1 Å². The number of piperidine rings is 3. The summed E-state index contributed by atoms with van der Waals surface area (Å²) in [7, 11) is 1.64. The normalized spacial score (nSPS) is 20.1. The van der Waals surface area contributed by atoms with Crippen molar-refractivity contribution < 1.29 is 14.3 Å². The smallest absolute Gasteiger partial charge is 0.182 e. The number of hydrogen-bond donors (Lipinski definition) is 0. The number of fused-ring (bicyclic) bond motifs is 3. The summed E-state index contributed by atoms with van der Waals surface area (Å²) in [5.74, 6) is 1.95. The van der Waals surface area contributed by atoms with Crippen LogP contribution in [-0.2, 0) is 4.79 Å². The van der Waals surface area contributed by atoms with Crippen LogP contribution in [0.15, 0.2) is 23.9 Å². The lowest BCUT2D eigenvalue weighted by atomic mass is 9.84. The van der Waals surface area contributed by atoms with Gasteiger partial charge in [-0.2, -0.15) is 0 Å². The fraction of sp³-hybridized carbons (Fsp3) is 0.500. The standard InChI is InChI=1S/C18H23NO3/c1-12(2)22-16-5-4-13(11-17(16)21-3)10-15-18(20)14-6-8-19(15)9-7-14/h4-5,10-12,14H,6-9H2,1-3H3/b15-10-. The van der Waals surface area contributed by atoms with Crippen LogP contribution in [0.25, 0.3) is 6.08 Å². The molecule has 3 heterocycles. The highest BCUT2D eigenvalue weighted by Gasteiger charge is 2.36. The predicted octanol–water partition coefficient (Wildman–Crippen LogP) is 3.12. The lowest BCUT2D eigenvalue weighted by Gasteiger charge is -2.41. The molecule has 0 radical (unpaired) electrons. The van der Waals surface area contributed by atoms with E-state index in [1.54, 1.807) is 7.11 Å². The SMILES string of the molecule is COc1cc(/C=C2/C(=O)C3CCN2CC3)ccc1OC(C)C. The highest BCUT2D eigenvalue weighted by atomic mass is 16.5. The third-order valence-electron chi connectivity index (χ3n) is 4.31. The van der Waals surface area contributed by atoms with E-state index in [0.717, 1.165) is 42.9 Å².